The molecule has 6 heteroatoms. The average Bonchev–Trinajstić information content (AvgIpc) is 2.38. The standard InChI is InChI=1S/C13H19BrN2O2S/c14-12-8-10(9-15)6-7-13(12)19(17,18)16-11-4-2-1-3-5-11/h6-8,11,16H,1-5,9,15H2. The Morgan fingerprint density at radius 2 is 1.95 bits per heavy atom. The molecule has 2 rings (SSSR count). The van der Waals surface area contributed by atoms with Crippen LogP contribution in [-0.2, 0) is 16.6 Å². The van der Waals surface area contributed by atoms with Crippen molar-refractivity contribution in [3.05, 3.63) is 28.2 Å². The maximum Gasteiger partial charge on any atom is 0.241 e. The van der Waals surface area contributed by atoms with Gasteiger partial charge >= 0.3 is 0 Å². The molecule has 1 aromatic rings. The van der Waals surface area contributed by atoms with Gasteiger partial charge < -0.3 is 5.73 Å². The lowest BCUT2D eigenvalue weighted by Gasteiger charge is -2.23. The van der Waals surface area contributed by atoms with Crippen molar-refractivity contribution >= 4 is 26.0 Å². The van der Waals surface area contributed by atoms with Crippen LogP contribution in [0.2, 0.25) is 0 Å². The monoisotopic (exact) mass is 346 g/mol. The van der Waals surface area contributed by atoms with Gasteiger partial charge in [0.15, 0.2) is 0 Å². The normalized spacial score (nSPS) is 17.6. The van der Waals surface area contributed by atoms with Crippen molar-refractivity contribution in [2.75, 3.05) is 0 Å². The van der Waals surface area contributed by atoms with Gasteiger partial charge in [0, 0.05) is 17.1 Å². The summed E-state index contributed by atoms with van der Waals surface area (Å²) in [6.45, 7) is 0.398. The van der Waals surface area contributed by atoms with Crippen molar-refractivity contribution in [3.63, 3.8) is 0 Å². The summed E-state index contributed by atoms with van der Waals surface area (Å²) >= 11 is 3.31. The summed E-state index contributed by atoms with van der Waals surface area (Å²) in [6.07, 6.45) is 5.25. The Hall–Kier alpha value is -0.430. The number of sulfonamides is 1. The van der Waals surface area contributed by atoms with E-state index in [0.717, 1.165) is 31.2 Å². The Bertz CT molecular complexity index is 540. The minimum absolute atomic E-state index is 0.0693. The second-order valence-corrected chi connectivity index (χ2v) is 7.46. The van der Waals surface area contributed by atoms with E-state index < -0.39 is 10.0 Å². The molecule has 0 spiro atoms. The third kappa shape index (κ3) is 3.78. The molecule has 1 saturated carbocycles. The van der Waals surface area contributed by atoms with Gasteiger partial charge in [0.25, 0.3) is 0 Å². The van der Waals surface area contributed by atoms with Gasteiger partial charge in [0.2, 0.25) is 10.0 Å². The smallest absolute Gasteiger partial charge is 0.241 e. The molecule has 0 amide bonds. The SMILES string of the molecule is NCc1ccc(S(=O)(=O)NC2CCCCC2)c(Br)c1. The summed E-state index contributed by atoms with van der Waals surface area (Å²) in [7, 11) is -3.45. The molecule has 19 heavy (non-hydrogen) atoms. The molecule has 0 aliphatic heterocycles. The highest BCUT2D eigenvalue weighted by Gasteiger charge is 2.23. The summed E-state index contributed by atoms with van der Waals surface area (Å²) in [5, 5.41) is 0. The fourth-order valence-electron chi connectivity index (χ4n) is 2.39. The van der Waals surface area contributed by atoms with Crippen LogP contribution in [0.5, 0.6) is 0 Å². The summed E-state index contributed by atoms with van der Waals surface area (Å²) in [5.74, 6) is 0. The summed E-state index contributed by atoms with van der Waals surface area (Å²) in [4.78, 5) is 0.287. The summed E-state index contributed by atoms with van der Waals surface area (Å²) in [5.41, 5.74) is 6.45. The Morgan fingerprint density at radius 3 is 2.53 bits per heavy atom. The van der Waals surface area contributed by atoms with Crippen LogP contribution in [0, 0.1) is 0 Å². The molecular weight excluding hydrogens is 328 g/mol. The largest absolute Gasteiger partial charge is 0.326 e. The number of hydrogen-bond acceptors (Lipinski definition) is 3. The second kappa shape index (κ2) is 6.35. The predicted molar refractivity (Wildman–Crippen MR) is 79.2 cm³/mol. The van der Waals surface area contributed by atoms with E-state index in [-0.39, 0.29) is 10.9 Å². The highest BCUT2D eigenvalue weighted by atomic mass is 79.9. The summed E-state index contributed by atoms with van der Waals surface area (Å²) < 4.78 is 28.1. The predicted octanol–water partition coefficient (Wildman–Crippen LogP) is 2.52. The first-order valence-electron chi connectivity index (χ1n) is 6.54. The van der Waals surface area contributed by atoms with Crippen molar-refractivity contribution in [2.45, 2.75) is 49.6 Å². The molecule has 0 atom stereocenters. The van der Waals surface area contributed by atoms with E-state index in [0.29, 0.717) is 11.0 Å². The molecule has 0 radical (unpaired) electrons. The van der Waals surface area contributed by atoms with Gasteiger partial charge in [-0.25, -0.2) is 13.1 Å². The highest BCUT2D eigenvalue weighted by Crippen LogP contribution is 2.25. The second-order valence-electron chi connectivity index (χ2n) is 4.93. The molecule has 3 N–H and O–H groups in total. The Balaban J connectivity index is 2.18. The van der Waals surface area contributed by atoms with E-state index in [4.69, 9.17) is 5.73 Å². The molecule has 0 heterocycles. The van der Waals surface area contributed by atoms with Crippen molar-refractivity contribution in [2.24, 2.45) is 5.73 Å². The number of halogens is 1. The molecule has 1 aliphatic carbocycles. The van der Waals surface area contributed by atoms with Gasteiger partial charge in [-0.05, 0) is 46.5 Å². The Labute approximate surface area is 122 Å². The lowest BCUT2D eigenvalue weighted by molar-refractivity contribution is 0.412. The molecule has 4 nitrogen and oxygen atoms in total. The van der Waals surface area contributed by atoms with Crippen LogP contribution in [0.3, 0.4) is 0 Å². The summed E-state index contributed by atoms with van der Waals surface area (Å²) in [6, 6.07) is 5.19. The number of rotatable bonds is 4. The van der Waals surface area contributed by atoms with Crippen LogP contribution < -0.4 is 10.5 Å². The molecule has 106 valence electrons. The van der Waals surface area contributed by atoms with E-state index in [1.54, 1.807) is 18.2 Å². The lowest BCUT2D eigenvalue weighted by Crippen LogP contribution is -2.36. The van der Waals surface area contributed by atoms with Gasteiger partial charge in [-0.15, -0.1) is 0 Å². The third-order valence-electron chi connectivity index (χ3n) is 3.45. The van der Waals surface area contributed by atoms with Gasteiger partial charge in [-0.3, -0.25) is 0 Å². The van der Waals surface area contributed by atoms with Crippen LogP contribution >= 0.6 is 15.9 Å². The zero-order valence-corrected chi connectivity index (χ0v) is 13.1. The molecule has 0 bridgehead atoms. The zero-order chi connectivity index (χ0) is 13.9. The van der Waals surface area contributed by atoms with Gasteiger partial charge in [0.05, 0.1) is 4.90 Å². The van der Waals surface area contributed by atoms with E-state index in [2.05, 4.69) is 20.7 Å². The molecule has 1 fully saturated rings. The first-order chi connectivity index (χ1) is 9.03. The lowest BCUT2D eigenvalue weighted by atomic mass is 9.96. The van der Waals surface area contributed by atoms with Crippen molar-refractivity contribution in [1.82, 2.24) is 4.72 Å². The van der Waals surface area contributed by atoms with Gasteiger partial charge in [-0.2, -0.15) is 0 Å². The first kappa shape index (κ1) is 15.0. The van der Waals surface area contributed by atoms with E-state index in [9.17, 15) is 8.42 Å². The number of hydrogen-bond donors (Lipinski definition) is 2. The van der Waals surface area contributed by atoms with E-state index >= 15 is 0 Å². The fraction of sp³-hybridized carbons (Fsp3) is 0.538. The van der Waals surface area contributed by atoms with Crippen molar-refractivity contribution in [3.8, 4) is 0 Å². The number of nitrogens with two attached hydrogens (primary N) is 1. The number of benzene rings is 1. The van der Waals surface area contributed by atoms with Crippen molar-refractivity contribution in [1.29, 1.82) is 0 Å². The van der Waals surface area contributed by atoms with Crippen LogP contribution in [0.1, 0.15) is 37.7 Å². The number of nitrogens with one attached hydrogen (secondary N) is 1. The quantitative estimate of drug-likeness (QED) is 0.879. The molecular formula is C13H19BrN2O2S. The maximum atomic E-state index is 12.3. The van der Waals surface area contributed by atoms with Crippen molar-refractivity contribution < 1.29 is 8.42 Å². The van der Waals surface area contributed by atoms with E-state index in [1.807, 2.05) is 0 Å². The maximum absolute atomic E-state index is 12.3. The molecule has 0 saturated heterocycles. The first-order valence-corrected chi connectivity index (χ1v) is 8.81. The Kier molecular flexibility index (Phi) is 5.00. The minimum Gasteiger partial charge on any atom is -0.326 e. The van der Waals surface area contributed by atoms with Crippen LogP contribution in [0.15, 0.2) is 27.6 Å². The van der Waals surface area contributed by atoms with Gasteiger partial charge in [-0.1, -0.05) is 25.3 Å². The topological polar surface area (TPSA) is 72.2 Å². The van der Waals surface area contributed by atoms with Gasteiger partial charge in [0.1, 0.15) is 0 Å². The van der Waals surface area contributed by atoms with Crippen LogP contribution in [0.4, 0.5) is 0 Å². The zero-order valence-electron chi connectivity index (χ0n) is 10.7. The molecule has 0 aromatic heterocycles. The minimum atomic E-state index is -3.45. The fourth-order valence-corrected chi connectivity index (χ4v) is 4.82. The Morgan fingerprint density at radius 1 is 1.26 bits per heavy atom. The third-order valence-corrected chi connectivity index (χ3v) is 5.95. The average molecular weight is 347 g/mol. The highest BCUT2D eigenvalue weighted by molar-refractivity contribution is 9.10. The van der Waals surface area contributed by atoms with Crippen LogP contribution in [0.25, 0.3) is 0 Å². The van der Waals surface area contributed by atoms with Crippen LogP contribution in [-0.4, -0.2) is 14.5 Å². The molecule has 0 unspecified atom stereocenters. The molecule has 1 aliphatic rings. The van der Waals surface area contributed by atoms with E-state index in [1.165, 1.54) is 6.42 Å². The molecule has 1 aromatic carbocycles.